The Morgan fingerprint density at radius 1 is 0.917 bits per heavy atom. The van der Waals surface area contributed by atoms with Crippen LogP contribution in [0, 0.1) is 0 Å². The van der Waals surface area contributed by atoms with E-state index < -0.39 is 5.91 Å². The third kappa shape index (κ3) is 4.78. The minimum Gasteiger partial charge on any atom is -0.486 e. The molecule has 0 saturated carbocycles. The summed E-state index contributed by atoms with van der Waals surface area (Å²) in [5, 5.41) is 0. The van der Waals surface area contributed by atoms with E-state index in [1.807, 2.05) is 18.2 Å². The third-order valence-corrected chi connectivity index (χ3v) is 6.78. The maximum absolute atomic E-state index is 13.0. The van der Waals surface area contributed by atoms with Gasteiger partial charge in [-0.2, -0.15) is 4.99 Å². The molecule has 5 rings (SSSR count). The van der Waals surface area contributed by atoms with E-state index in [1.165, 1.54) is 18.4 Å². The highest BCUT2D eigenvalue weighted by Gasteiger charge is 2.18. The van der Waals surface area contributed by atoms with Crippen LogP contribution in [0.25, 0.3) is 10.2 Å². The number of benzene rings is 3. The number of methoxy groups -OCH3 is 1. The molecular formula is C27H22N2O6S. The van der Waals surface area contributed by atoms with Gasteiger partial charge >= 0.3 is 5.97 Å². The number of fused-ring (bicyclic) bond motifs is 2. The predicted octanol–water partition coefficient (Wildman–Crippen LogP) is 4.01. The number of ketones is 1. The number of aryl methyl sites for hydroxylation is 1. The fourth-order valence-electron chi connectivity index (χ4n) is 3.88. The molecule has 0 spiro atoms. The third-order valence-electron chi connectivity index (χ3n) is 5.74. The molecular weight excluding hydrogens is 480 g/mol. The lowest BCUT2D eigenvalue weighted by Crippen LogP contribution is -2.19. The largest absolute Gasteiger partial charge is 0.486 e. The van der Waals surface area contributed by atoms with Crippen molar-refractivity contribution >= 4 is 39.2 Å². The van der Waals surface area contributed by atoms with E-state index >= 15 is 0 Å². The molecule has 182 valence electrons. The number of amides is 1. The molecule has 0 aliphatic carbocycles. The SMILES string of the molecule is COC(=O)CCn1c(=NC(=O)c2ccc(C(=O)c3ccccc3)cc2)sc2cc3c(cc21)OCCO3. The van der Waals surface area contributed by atoms with E-state index in [0.717, 1.165) is 10.2 Å². The molecule has 0 saturated heterocycles. The van der Waals surface area contributed by atoms with Crippen LogP contribution in [0.15, 0.2) is 71.7 Å². The van der Waals surface area contributed by atoms with Gasteiger partial charge in [-0.05, 0) is 12.1 Å². The Kier molecular flexibility index (Phi) is 6.64. The van der Waals surface area contributed by atoms with Crippen LogP contribution in [0.4, 0.5) is 0 Å². The molecule has 0 fully saturated rings. The van der Waals surface area contributed by atoms with Gasteiger partial charge in [0.15, 0.2) is 22.1 Å². The van der Waals surface area contributed by atoms with Crippen LogP contribution in [-0.2, 0) is 16.1 Å². The summed E-state index contributed by atoms with van der Waals surface area (Å²) in [6, 6.07) is 19.1. The maximum Gasteiger partial charge on any atom is 0.307 e. The number of carbonyl (C=O) groups excluding carboxylic acids is 3. The van der Waals surface area contributed by atoms with Crippen LogP contribution < -0.4 is 14.3 Å². The summed E-state index contributed by atoms with van der Waals surface area (Å²) >= 11 is 1.32. The molecule has 0 N–H and O–H groups in total. The smallest absolute Gasteiger partial charge is 0.307 e. The summed E-state index contributed by atoms with van der Waals surface area (Å²) in [5.74, 6) is 0.298. The fourth-order valence-corrected chi connectivity index (χ4v) is 4.95. The van der Waals surface area contributed by atoms with E-state index in [4.69, 9.17) is 14.2 Å². The van der Waals surface area contributed by atoms with Gasteiger partial charge in [-0.15, -0.1) is 0 Å². The van der Waals surface area contributed by atoms with Crippen LogP contribution in [0.5, 0.6) is 11.5 Å². The van der Waals surface area contributed by atoms with Crippen molar-refractivity contribution in [3.05, 3.63) is 88.2 Å². The molecule has 1 aliphatic heterocycles. The topological polar surface area (TPSA) is 96.2 Å². The Morgan fingerprint density at radius 2 is 1.56 bits per heavy atom. The molecule has 36 heavy (non-hydrogen) atoms. The van der Waals surface area contributed by atoms with Crippen LogP contribution in [0.2, 0.25) is 0 Å². The molecule has 1 amide bonds. The predicted molar refractivity (Wildman–Crippen MR) is 134 cm³/mol. The summed E-state index contributed by atoms with van der Waals surface area (Å²) in [5.41, 5.74) is 2.19. The van der Waals surface area contributed by atoms with Crippen molar-refractivity contribution in [1.82, 2.24) is 4.57 Å². The lowest BCUT2D eigenvalue weighted by atomic mass is 10.0. The Balaban J connectivity index is 1.49. The number of aromatic nitrogens is 1. The minimum absolute atomic E-state index is 0.119. The molecule has 9 heteroatoms. The standard InChI is InChI=1S/C27H22N2O6S/c1-33-24(30)11-12-29-20-15-21-22(35-14-13-34-21)16-23(20)36-27(29)28-26(32)19-9-7-18(8-10-19)25(31)17-5-3-2-4-6-17/h2-10,15-16H,11-14H2,1H3. The highest BCUT2D eigenvalue weighted by atomic mass is 32.1. The molecule has 1 aromatic heterocycles. The van der Waals surface area contributed by atoms with E-state index in [9.17, 15) is 14.4 Å². The lowest BCUT2D eigenvalue weighted by molar-refractivity contribution is -0.140. The first-order chi connectivity index (χ1) is 17.5. The number of thiazole rings is 1. The second-order valence-corrected chi connectivity index (χ2v) is 9.02. The second kappa shape index (κ2) is 10.2. The number of ether oxygens (including phenoxy) is 3. The average Bonchev–Trinajstić information content (AvgIpc) is 3.25. The van der Waals surface area contributed by atoms with Crippen LogP contribution in [0.1, 0.15) is 32.7 Å². The summed E-state index contributed by atoms with van der Waals surface area (Å²) in [4.78, 5) is 42.3. The Labute approximate surface area is 210 Å². The monoisotopic (exact) mass is 502 g/mol. The van der Waals surface area contributed by atoms with Gasteiger partial charge in [0.25, 0.3) is 5.91 Å². The van der Waals surface area contributed by atoms with Gasteiger partial charge in [0.05, 0.1) is 23.7 Å². The van der Waals surface area contributed by atoms with E-state index in [-0.39, 0.29) is 24.7 Å². The summed E-state index contributed by atoms with van der Waals surface area (Å²) in [6.45, 7) is 1.19. The minimum atomic E-state index is -0.454. The number of hydrogen-bond donors (Lipinski definition) is 0. The van der Waals surface area contributed by atoms with Gasteiger partial charge in [-0.1, -0.05) is 53.8 Å². The first kappa shape index (κ1) is 23.5. The molecule has 8 nitrogen and oxygen atoms in total. The van der Waals surface area contributed by atoms with Gasteiger partial charge in [-0.25, -0.2) is 0 Å². The molecule has 0 radical (unpaired) electrons. The van der Waals surface area contributed by atoms with Gasteiger partial charge in [-0.3, -0.25) is 14.4 Å². The zero-order chi connectivity index (χ0) is 25.1. The van der Waals surface area contributed by atoms with Crippen molar-refractivity contribution in [1.29, 1.82) is 0 Å². The Hall–Kier alpha value is -4.24. The first-order valence-corrected chi connectivity index (χ1v) is 12.1. The summed E-state index contributed by atoms with van der Waals surface area (Å²) in [6.07, 6.45) is 0.119. The van der Waals surface area contributed by atoms with Gasteiger partial charge in [0.2, 0.25) is 0 Å². The van der Waals surface area contributed by atoms with Crippen molar-refractivity contribution in [2.75, 3.05) is 20.3 Å². The molecule has 4 aromatic rings. The van der Waals surface area contributed by atoms with E-state index in [2.05, 4.69) is 4.99 Å². The molecule has 1 aliphatic rings. The lowest BCUT2D eigenvalue weighted by Gasteiger charge is -2.18. The quantitative estimate of drug-likeness (QED) is 0.292. The number of rotatable bonds is 6. The van der Waals surface area contributed by atoms with Gasteiger partial charge < -0.3 is 18.8 Å². The normalized spacial score (nSPS) is 13.0. The molecule has 2 heterocycles. The van der Waals surface area contributed by atoms with Crippen molar-refractivity contribution in [2.24, 2.45) is 4.99 Å². The summed E-state index contributed by atoms with van der Waals surface area (Å²) in [7, 11) is 1.33. The van der Waals surface area contributed by atoms with Crippen molar-refractivity contribution < 1.29 is 28.6 Å². The Morgan fingerprint density at radius 3 is 2.25 bits per heavy atom. The first-order valence-electron chi connectivity index (χ1n) is 11.3. The van der Waals surface area contributed by atoms with Crippen molar-refractivity contribution in [3.63, 3.8) is 0 Å². The van der Waals surface area contributed by atoms with Gasteiger partial charge in [0, 0.05) is 35.4 Å². The molecule has 0 bridgehead atoms. The van der Waals surface area contributed by atoms with Crippen molar-refractivity contribution in [2.45, 2.75) is 13.0 Å². The zero-order valence-corrected chi connectivity index (χ0v) is 20.2. The summed E-state index contributed by atoms with van der Waals surface area (Å²) < 4.78 is 18.8. The Bertz CT molecular complexity index is 1520. The molecule has 3 aromatic carbocycles. The van der Waals surface area contributed by atoms with Gasteiger partial charge in [0.1, 0.15) is 13.2 Å². The number of esters is 1. The average molecular weight is 503 g/mol. The molecule has 0 atom stereocenters. The second-order valence-electron chi connectivity index (χ2n) is 8.02. The van der Waals surface area contributed by atoms with Crippen LogP contribution in [0.3, 0.4) is 0 Å². The van der Waals surface area contributed by atoms with Crippen LogP contribution in [-0.4, -0.2) is 42.6 Å². The maximum atomic E-state index is 13.0. The van der Waals surface area contributed by atoms with E-state index in [1.54, 1.807) is 53.1 Å². The van der Waals surface area contributed by atoms with Crippen LogP contribution >= 0.6 is 11.3 Å². The highest BCUT2D eigenvalue weighted by molar-refractivity contribution is 7.16. The number of carbonyl (C=O) groups is 3. The highest BCUT2D eigenvalue weighted by Crippen LogP contribution is 2.35. The fraction of sp³-hybridized carbons (Fsp3) is 0.185. The molecule has 0 unspecified atom stereocenters. The number of hydrogen-bond acceptors (Lipinski definition) is 7. The number of nitrogens with zero attached hydrogens (tertiary/aromatic N) is 2. The van der Waals surface area contributed by atoms with E-state index in [0.29, 0.717) is 46.2 Å². The van der Waals surface area contributed by atoms with Crippen molar-refractivity contribution in [3.8, 4) is 11.5 Å². The zero-order valence-electron chi connectivity index (χ0n) is 19.4.